The number of pyridine rings is 2. The molecule has 0 unspecified atom stereocenters. The molecule has 6 aromatic rings. The molecule has 0 saturated carbocycles. The smallest absolute Gasteiger partial charge is 0.231 e. The van der Waals surface area contributed by atoms with E-state index in [9.17, 15) is 10.2 Å². The largest absolute Gasteiger partial charge is 1.00 e. The van der Waals surface area contributed by atoms with Crippen LogP contribution in [0.4, 0.5) is 0 Å². The Morgan fingerprint density at radius 1 is 0.529 bits per heavy atom. The Morgan fingerprint density at radius 3 is 1.43 bits per heavy atom. The van der Waals surface area contributed by atoms with E-state index in [0.717, 1.165) is 78.4 Å². The number of benzene rings is 4. The third-order valence-electron chi connectivity index (χ3n) is 9.14. The lowest BCUT2D eigenvalue weighted by atomic mass is 10.0. The summed E-state index contributed by atoms with van der Waals surface area (Å²) in [6.45, 7) is 4.40. The molecule has 2 aromatic heterocycles. The number of phenolic OH excluding ortho intramolecular Hbond substituents is 2. The molecule has 0 radical (unpaired) electrons. The van der Waals surface area contributed by atoms with Crippen LogP contribution >= 0.6 is 0 Å². The van der Waals surface area contributed by atoms with E-state index in [4.69, 9.17) is 28.4 Å². The van der Waals surface area contributed by atoms with E-state index < -0.39 is 0 Å². The molecule has 3 heterocycles. The zero-order valence-electron chi connectivity index (χ0n) is 29.6. The summed E-state index contributed by atoms with van der Waals surface area (Å²) in [5.74, 6) is 4.09. The zero-order valence-corrected chi connectivity index (χ0v) is 31.1. The lowest BCUT2D eigenvalue weighted by molar-refractivity contribution is -0.665. The summed E-state index contributed by atoms with van der Waals surface area (Å²) in [4.78, 5) is 0. The van der Waals surface area contributed by atoms with Gasteiger partial charge < -0.3 is 63.4 Å². The third kappa shape index (κ3) is 7.15. The number of methoxy groups -OCH3 is 4. The molecule has 0 atom stereocenters. The van der Waals surface area contributed by atoms with Gasteiger partial charge in [-0.1, -0.05) is 0 Å². The number of rotatable bonds is 6. The van der Waals surface area contributed by atoms with Crippen LogP contribution in [0.3, 0.4) is 0 Å². The highest BCUT2D eigenvalue weighted by Gasteiger charge is 2.22. The second kappa shape index (κ2) is 15.7. The third-order valence-corrected chi connectivity index (χ3v) is 9.14. The average Bonchev–Trinajstić information content (AvgIpc) is 3.60. The van der Waals surface area contributed by atoms with Crippen LogP contribution in [0.25, 0.3) is 44.1 Å². The van der Waals surface area contributed by atoms with Crippen molar-refractivity contribution in [3.63, 3.8) is 0 Å². The summed E-state index contributed by atoms with van der Waals surface area (Å²) in [6, 6.07) is 22.9. The predicted octanol–water partition coefficient (Wildman–Crippen LogP) is 0.462. The molecule has 10 nitrogen and oxygen atoms in total. The van der Waals surface area contributed by atoms with Crippen molar-refractivity contribution in [1.82, 2.24) is 0 Å². The van der Waals surface area contributed by atoms with Crippen LogP contribution in [0.5, 0.6) is 46.0 Å². The van der Waals surface area contributed by atoms with Gasteiger partial charge in [-0.3, -0.25) is 0 Å². The lowest BCUT2D eigenvalue weighted by Gasteiger charge is -2.12. The van der Waals surface area contributed by atoms with Gasteiger partial charge in [0.2, 0.25) is 18.2 Å². The number of hydrogen-bond donors (Lipinski definition) is 2. The van der Waals surface area contributed by atoms with E-state index >= 15 is 0 Å². The van der Waals surface area contributed by atoms with Crippen LogP contribution in [0.1, 0.15) is 11.4 Å². The minimum atomic E-state index is -0.141. The first-order valence-corrected chi connectivity index (χ1v) is 15.6. The van der Waals surface area contributed by atoms with Crippen LogP contribution in [-0.2, 0) is 14.1 Å². The molecule has 1 aliphatic heterocycles. The van der Waals surface area contributed by atoms with Gasteiger partial charge >= 0.3 is 0 Å². The van der Waals surface area contributed by atoms with Gasteiger partial charge in [-0.15, -0.1) is 0 Å². The Balaban J connectivity index is 0.000000220. The molecular formula is C39H40Cl2N2O8. The quantitative estimate of drug-likeness (QED) is 0.188. The minimum absolute atomic E-state index is 0. The van der Waals surface area contributed by atoms with E-state index in [1.165, 1.54) is 6.07 Å². The molecule has 0 spiro atoms. The normalized spacial score (nSPS) is 11.2. The number of aryl methyl sites for hydroxylation is 2. The Labute approximate surface area is 309 Å². The van der Waals surface area contributed by atoms with E-state index in [0.29, 0.717) is 11.5 Å². The van der Waals surface area contributed by atoms with Crippen LogP contribution in [0, 0.1) is 13.8 Å². The monoisotopic (exact) mass is 734 g/mol. The number of aromatic hydroxyl groups is 2. The molecule has 1 aliphatic rings. The standard InChI is InChI=1S/C20H20NO4.C19H19NO4.2ClH/c1-12-15-10-19(23-4)18(22-3)9-14(15)7-16(21(12)2)13-5-6-17-20(8-13)25-11-24-17;1-11-14-10-19(24-4)18(23-3)9-13(14)7-15(20(11)2)12-5-6-16(21)17(22)8-12;;/h5-10H,11H2,1-4H3;5-10,22H,1-4H3;2*1H/q+1;;;/p-1. The van der Waals surface area contributed by atoms with Crippen LogP contribution in [0.2, 0.25) is 0 Å². The first-order valence-electron chi connectivity index (χ1n) is 15.6. The summed E-state index contributed by atoms with van der Waals surface area (Å²) in [5, 5.41) is 23.6. The molecule has 0 aliphatic carbocycles. The predicted molar refractivity (Wildman–Crippen MR) is 186 cm³/mol. The van der Waals surface area contributed by atoms with Crippen molar-refractivity contribution in [1.29, 1.82) is 0 Å². The van der Waals surface area contributed by atoms with Crippen LogP contribution < -0.4 is 62.4 Å². The van der Waals surface area contributed by atoms with Gasteiger partial charge in [0.25, 0.3) is 0 Å². The molecule has 0 bridgehead atoms. The number of hydrogen-bond acceptors (Lipinski definition) is 8. The fourth-order valence-electron chi connectivity index (χ4n) is 6.16. The molecule has 7 rings (SSSR count). The zero-order chi connectivity index (χ0) is 35.0. The maximum atomic E-state index is 9.79. The summed E-state index contributed by atoms with van der Waals surface area (Å²) in [7, 11) is 10.6. The van der Waals surface area contributed by atoms with Gasteiger partial charge in [0.1, 0.15) is 14.1 Å². The maximum absolute atomic E-state index is 9.79. The molecule has 268 valence electrons. The summed E-state index contributed by atoms with van der Waals surface area (Å²) >= 11 is 0. The highest BCUT2D eigenvalue weighted by Crippen LogP contribution is 2.38. The van der Waals surface area contributed by atoms with Gasteiger partial charge in [-0.25, -0.2) is 0 Å². The van der Waals surface area contributed by atoms with Gasteiger partial charge in [-0.05, 0) is 71.4 Å². The number of phenols is 2. The molecule has 0 fully saturated rings. The van der Waals surface area contributed by atoms with Gasteiger partial charge in [0, 0.05) is 26.0 Å². The van der Waals surface area contributed by atoms with Crippen molar-refractivity contribution in [3.8, 4) is 68.5 Å². The van der Waals surface area contributed by atoms with Crippen molar-refractivity contribution >= 4 is 21.5 Å². The van der Waals surface area contributed by atoms with Crippen LogP contribution in [0.15, 0.2) is 72.8 Å². The second-order valence-corrected chi connectivity index (χ2v) is 11.7. The number of nitrogens with zero attached hydrogens (tertiary/aromatic N) is 2. The fraction of sp³-hybridized carbons (Fsp3) is 0.231. The molecule has 2 N–H and O–H groups in total. The lowest BCUT2D eigenvalue weighted by Crippen LogP contribution is -3.00. The highest BCUT2D eigenvalue weighted by molar-refractivity contribution is 5.90. The van der Waals surface area contributed by atoms with E-state index in [2.05, 4.69) is 30.7 Å². The average molecular weight is 736 g/mol. The van der Waals surface area contributed by atoms with E-state index in [1.54, 1.807) is 40.6 Å². The van der Waals surface area contributed by atoms with Crippen molar-refractivity contribution < 1.29 is 72.6 Å². The number of fused-ring (bicyclic) bond motifs is 3. The number of halogens is 2. The Morgan fingerprint density at radius 2 is 0.961 bits per heavy atom. The summed E-state index contributed by atoms with van der Waals surface area (Å²) in [5.41, 5.74) is 6.10. The summed E-state index contributed by atoms with van der Waals surface area (Å²) in [6.07, 6.45) is 0. The SMILES string of the molecule is COc1cc2cc(-c3ccc(O)c(O)c3)[n+](C)c(C)c2cc1OC.COc1cc2cc(-c3ccc4c(c3)OCO4)[n+](C)c(C)c2cc1OC.[Cl-].[Cl-]. The molecule has 0 saturated heterocycles. The molecule has 0 amide bonds. The maximum Gasteiger partial charge on any atom is 0.231 e. The van der Waals surface area contributed by atoms with Crippen molar-refractivity contribution in [2.45, 2.75) is 13.8 Å². The van der Waals surface area contributed by atoms with Crippen molar-refractivity contribution in [2.75, 3.05) is 35.2 Å². The molecule has 12 heteroatoms. The number of ether oxygens (including phenoxy) is 6. The minimum Gasteiger partial charge on any atom is -1.00 e. The second-order valence-electron chi connectivity index (χ2n) is 11.7. The van der Waals surface area contributed by atoms with Gasteiger partial charge in [0.15, 0.2) is 57.4 Å². The highest BCUT2D eigenvalue weighted by atomic mass is 35.5. The van der Waals surface area contributed by atoms with Gasteiger partial charge in [-0.2, -0.15) is 9.13 Å². The topological polar surface area (TPSA) is 104 Å². The Hall–Kier alpha value is -5.32. The van der Waals surface area contributed by atoms with E-state index in [1.807, 2.05) is 61.0 Å². The van der Waals surface area contributed by atoms with Crippen molar-refractivity contribution in [3.05, 3.63) is 84.2 Å². The Kier molecular flexibility index (Phi) is 11.8. The first kappa shape index (κ1) is 38.5. The molecular weight excluding hydrogens is 695 g/mol. The summed E-state index contributed by atoms with van der Waals surface area (Å²) < 4.78 is 36.8. The number of aromatic nitrogens is 2. The van der Waals surface area contributed by atoms with Gasteiger partial charge in [0.05, 0.1) is 50.3 Å². The first-order chi connectivity index (χ1) is 23.6. The van der Waals surface area contributed by atoms with Crippen LogP contribution in [-0.4, -0.2) is 45.4 Å². The molecule has 51 heavy (non-hydrogen) atoms. The van der Waals surface area contributed by atoms with Crippen molar-refractivity contribution in [2.24, 2.45) is 14.1 Å². The van der Waals surface area contributed by atoms with E-state index in [-0.39, 0.29) is 43.1 Å². The fourth-order valence-corrected chi connectivity index (χ4v) is 6.16. The molecule has 4 aromatic carbocycles. The Bertz CT molecular complexity index is 2240.